The van der Waals surface area contributed by atoms with E-state index in [9.17, 15) is 18.3 Å². The number of anilines is 2. The van der Waals surface area contributed by atoms with E-state index in [1.54, 1.807) is 6.07 Å². The molecule has 0 bridgehead atoms. The standard InChI is InChI=1S/C16H19F3N4O2/c1-9(2)13(8-24)23-15-14(20)21-7-12(22-15)10-4-3-5-11(6-10)25-16(17,18)19/h3-7,9,13,24H,8H2,1-2H3,(H2,20,21)(H,22,23)/t13-/m0/s1. The number of ether oxygens (including phenoxy) is 1. The molecule has 0 unspecified atom stereocenters. The van der Waals surface area contributed by atoms with Crippen LogP contribution in [0.4, 0.5) is 24.8 Å². The van der Waals surface area contributed by atoms with E-state index in [-0.39, 0.29) is 36.0 Å². The van der Waals surface area contributed by atoms with Crippen molar-refractivity contribution in [1.29, 1.82) is 0 Å². The van der Waals surface area contributed by atoms with Crippen LogP contribution < -0.4 is 15.8 Å². The molecule has 2 aromatic rings. The Hall–Kier alpha value is -2.55. The fraction of sp³-hybridized carbons (Fsp3) is 0.375. The van der Waals surface area contributed by atoms with Crippen LogP contribution >= 0.6 is 0 Å². The number of nitrogens with zero attached hydrogens (tertiary/aromatic N) is 2. The maximum Gasteiger partial charge on any atom is 0.573 e. The van der Waals surface area contributed by atoms with Crippen LogP contribution in [0.5, 0.6) is 5.75 Å². The van der Waals surface area contributed by atoms with Gasteiger partial charge >= 0.3 is 6.36 Å². The highest BCUT2D eigenvalue weighted by Crippen LogP contribution is 2.28. The first kappa shape index (κ1) is 18.8. The lowest BCUT2D eigenvalue weighted by Crippen LogP contribution is -2.30. The minimum Gasteiger partial charge on any atom is -0.406 e. The lowest BCUT2D eigenvalue weighted by Gasteiger charge is -2.21. The largest absolute Gasteiger partial charge is 0.573 e. The number of nitrogen functional groups attached to an aromatic ring is 1. The molecule has 0 radical (unpaired) electrons. The minimum atomic E-state index is -4.77. The summed E-state index contributed by atoms with van der Waals surface area (Å²) in [4.78, 5) is 8.32. The van der Waals surface area contributed by atoms with E-state index in [0.29, 0.717) is 11.3 Å². The molecule has 1 aromatic heterocycles. The second kappa shape index (κ2) is 7.56. The van der Waals surface area contributed by atoms with Crippen molar-refractivity contribution in [1.82, 2.24) is 9.97 Å². The lowest BCUT2D eigenvalue weighted by molar-refractivity contribution is -0.274. The highest BCUT2D eigenvalue weighted by Gasteiger charge is 2.31. The zero-order chi connectivity index (χ0) is 18.6. The Morgan fingerprint density at radius 1 is 1.32 bits per heavy atom. The molecule has 2 rings (SSSR count). The van der Waals surface area contributed by atoms with Crippen molar-refractivity contribution in [3.8, 4) is 17.0 Å². The maximum atomic E-state index is 12.4. The molecule has 136 valence electrons. The smallest absolute Gasteiger partial charge is 0.406 e. The van der Waals surface area contributed by atoms with Gasteiger partial charge in [-0.3, -0.25) is 0 Å². The van der Waals surface area contributed by atoms with E-state index in [2.05, 4.69) is 20.0 Å². The number of hydrogen-bond donors (Lipinski definition) is 3. The van der Waals surface area contributed by atoms with Crippen LogP contribution in [0.25, 0.3) is 11.3 Å². The Morgan fingerprint density at radius 2 is 2.04 bits per heavy atom. The molecule has 1 heterocycles. The van der Waals surface area contributed by atoms with Gasteiger partial charge in [-0.2, -0.15) is 0 Å². The summed E-state index contributed by atoms with van der Waals surface area (Å²) in [7, 11) is 0. The van der Waals surface area contributed by atoms with E-state index in [0.717, 1.165) is 0 Å². The van der Waals surface area contributed by atoms with Gasteiger partial charge in [0.05, 0.1) is 24.5 Å². The number of alkyl halides is 3. The van der Waals surface area contributed by atoms with Gasteiger partial charge in [-0.05, 0) is 18.1 Å². The van der Waals surface area contributed by atoms with E-state index >= 15 is 0 Å². The third kappa shape index (κ3) is 5.21. The third-order valence-corrected chi connectivity index (χ3v) is 3.49. The van der Waals surface area contributed by atoms with Gasteiger partial charge < -0.3 is 20.9 Å². The van der Waals surface area contributed by atoms with Crippen LogP contribution in [0.1, 0.15) is 13.8 Å². The average Bonchev–Trinajstić information content (AvgIpc) is 2.52. The van der Waals surface area contributed by atoms with Gasteiger partial charge in [0.25, 0.3) is 0 Å². The number of aliphatic hydroxyl groups is 1. The summed E-state index contributed by atoms with van der Waals surface area (Å²) < 4.78 is 41.0. The number of aliphatic hydroxyl groups excluding tert-OH is 1. The van der Waals surface area contributed by atoms with Crippen LogP contribution in [0, 0.1) is 5.92 Å². The predicted octanol–water partition coefficient (Wildman–Crippen LogP) is 3.05. The van der Waals surface area contributed by atoms with E-state index in [4.69, 9.17) is 5.73 Å². The van der Waals surface area contributed by atoms with Crippen molar-refractivity contribution in [3.63, 3.8) is 0 Å². The van der Waals surface area contributed by atoms with Crippen molar-refractivity contribution in [2.45, 2.75) is 26.3 Å². The fourth-order valence-corrected chi connectivity index (χ4v) is 2.10. The minimum absolute atomic E-state index is 0.110. The van der Waals surface area contributed by atoms with Crippen LogP contribution in [0.15, 0.2) is 30.5 Å². The molecule has 0 saturated heterocycles. The van der Waals surface area contributed by atoms with Crippen molar-refractivity contribution >= 4 is 11.6 Å². The van der Waals surface area contributed by atoms with Gasteiger partial charge in [-0.25, -0.2) is 9.97 Å². The number of benzene rings is 1. The van der Waals surface area contributed by atoms with Crippen molar-refractivity contribution < 1.29 is 23.0 Å². The molecule has 0 fully saturated rings. The summed E-state index contributed by atoms with van der Waals surface area (Å²) in [6.07, 6.45) is -3.42. The molecule has 0 saturated carbocycles. The molecule has 6 nitrogen and oxygen atoms in total. The Balaban J connectivity index is 2.31. The molecule has 0 aliphatic carbocycles. The molecule has 0 aliphatic rings. The van der Waals surface area contributed by atoms with Gasteiger partial charge in [0, 0.05) is 5.56 Å². The molecule has 9 heteroatoms. The summed E-state index contributed by atoms with van der Waals surface area (Å²) >= 11 is 0. The summed E-state index contributed by atoms with van der Waals surface area (Å²) in [6, 6.07) is 5.13. The van der Waals surface area contributed by atoms with Crippen LogP contribution in [-0.2, 0) is 0 Å². The molecule has 1 aromatic carbocycles. The Labute approximate surface area is 142 Å². The number of nitrogens with one attached hydrogen (secondary N) is 1. The second-order valence-corrected chi connectivity index (χ2v) is 5.74. The second-order valence-electron chi connectivity index (χ2n) is 5.74. The van der Waals surface area contributed by atoms with Crippen LogP contribution in [-0.4, -0.2) is 34.1 Å². The Kier molecular flexibility index (Phi) is 5.68. The first-order valence-electron chi connectivity index (χ1n) is 7.55. The van der Waals surface area contributed by atoms with Gasteiger partial charge in [0.1, 0.15) is 5.75 Å². The Morgan fingerprint density at radius 3 is 2.64 bits per heavy atom. The van der Waals surface area contributed by atoms with Gasteiger partial charge in [0.15, 0.2) is 11.6 Å². The molecular weight excluding hydrogens is 337 g/mol. The highest BCUT2D eigenvalue weighted by molar-refractivity contribution is 5.66. The molecular formula is C16H19F3N4O2. The van der Waals surface area contributed by atoms with Crippen molar-refractivity contribution in [2.24, 2.45) is 5.92 Å². The quantitative estimate of drug-likeness (QED) is 0.737. The van der Waals surface area contributed by atoms with Crippen LogP contribution in [0.2, 0.25) is 0 Å². The van der Waals surface area contributed by atoms with Gasteiger partial charge in [-0.15, -0.1) is 13.2 Å². The van der Waals surface area contributed by atoms with E-state index in [1.807, 2.05) is 13.8 Å². The number of hydrogen-bond acceptors (Lipinski definition) is 6. The molecule has 1 atom stereocenters. The van der Waals surface area contributed by atoms with Crippen LogP contribution in [0.3, 0.4) is 0 Å². The SMILES string of the molecule is CC(C)[C@H](CO)Nc1nc(-c2cccc(OC(F)(F)F)c2)cnc1N. The van der Waals surface area contributed by atoms with Crippen molar-refractivity contribution in [2.75, 3.05) is 17.7 Å². The van der Waals surface area contributed by atoms with Crippen molar-refractivity contribution in [3.05, 3.63) is 30.5 Å². The number of aromatic nitrogens is 2. The normalized spacial score (nSPS) is 12.9. The molecule has 0 aliphatic heterocycles. The predicted molar refractivity (Wildman–Crippen MR) is 87.9 cm³/mol. The highest BCUT2D eigenvalue weighted by atomic mass is 19.4. The molecule has 0 amide bonds. The molecule has 4 N–H and O–H groups in total. The summed E-state index contributed by atoms with van der Waals surface area (Å²) in [5.41, 5.74) is 6.51. The molecule has 25 heavy (non-hydrogen) atoms. The first-order chi connectivity index (χ1) is 11.7. The number of rotatable bonds is 6. The zero-order valence-electron chi connectivity index (χ0n) is 13.7. The Bertz CT molecular complexity index is 723. The zero-order valence-corrected chi connectivity index (χ0v) is 13.7. The lowest BCUT2D eigenvalue weighted by atomic mass is 10.1. The van der Waals surface area contributed by atoms with Gasteiger partial charge in [0.2, 0.25) is 0 Å². The number of halogens is 3. The summed E-state index contributed by atoms with van der Waals surface area (Å²) in [6.45, 7) is 3.70. The monoisotopic (exact) mass is 356 g/mol. The van der Waals surface area contributed by atoms with E-state index < -0.39 is 6.36 Å². The summed E-state index contributed by atoms with van der Waals surface area (Å²) in [5, 5.41) is 12.4. The third-order valence-electron chi connectivity index (χ3n) is 3.49. The van der Waals surface area contributed by atoms with Gasteiger partial charge in [-0.1, -0.05) is 26.0 Å². The topological polar surface area (TPSA) is 93.3 Å². The average molecular weight is 356 g/mol. The maximum absolute atomic E-state index is 12.4. The van der Waals surface area contributed by atoms with E-state index in [1.165, 1.54) is 24.4 Å². The molecule has 0 spiro atoms. The summed E-state index contributed by atoms with van der Waals surface area (Å²) in [5.74, 6) is 0.143. The number of nitrogens with two attached hydrogens (primary N) is 1. The fourth-order valence-electron chi connectivity index (χ4n) is 2.10. The first-order valence-corrected chi connectivity index (χ1v) is 7.55.